The van der Waals surface area contributed by atoms with Crippen molar-refractivity contribution in [1.29, 1.82) is 0 Å². The number of amides is 2. The summed E-state index contributed by atoms with van der Waals surface area (Å²) in [7, 11) is 0. The molecule has 138 valence electrons. The topological polar surface area (TPSA) is 61.8 Å². The summed E-state index contributed by atoms with van der Waals surface area (Å²) in [6, 6.07) is 6.39. The van der Waals surface area contributed by atoms with E-state index >= 15 is 0 Å². The molecule has 2 saturated heterocycles. The third kappa shape index (κ3) is 4.15. The van der Waals surface area contributed by atoms with Crippen LogP contribution in [0.4, 0.5) is 4.79 Å². The third-order valence-electron chi connectivity index (χ3n) is 5.71. The van der Waals surface area contributed by atoms with Crippen LogP contribution < -0.4 is 5.32 Å². The first-order valence-electron chi connectivity index (χ1n) is 9.43. The molecule has 2 aliphatic heterocycles. The Kier molecular flexibility index (Phi) is 5.97. The van der Waals surface area contributed by atoms with Gasteiger partial charge in [0.2, 0.25) is 0 Å². The van der Waals surface area contributed by atoms with Gasteiger partial charge in [-0.05, 0) is 56.2 Å². The van der Waals surface area contributed by atoms with Gasteiger partial charge in [0.1, 0.15) is 0 Å². The van der Waals surface area contributed by atoms with Crippen LogP contribution in [-0.2, 0) is 11.2 Å². The van der Waals surface area contributed by atoms with Crippen molar-refractivity contribution in [3.05, 3.63) is 34.9 Å². The number of carbonyl (C=O) groups excluding carboxylic acids is 1. The predicted molar refractivity (Wildman–Crippen MR) is 97.7 cm³/mol. The second-order valence-electron chi connectivity index (χ2n) is 7.35. The van der Waals surface area contributed by atoms with Gasteiger partial charge in [-0.2, -0.15) is 0 Å². The number of rotatable bonds is 4. The average molecular weight is 346 g/mol. The van der Waals surface area contributed by atoms with Crippen LogP contribution in [0.15, 0.2) is 18.2 Å². The Morgan fingerprint density at radius 3 is 2.80 bits per heavy atom. The van der Waals surface area contributed by atoms with E-state index in [1.165, 1.54) is 16.7 Å². The van der Waals surface area contributed by atoms with Gasteiger partial charge in [-0.3, -0.25) is 0 Å². The van der Waals surface area contributed by atoms with Gasteiger partial charge < -0.3 is 20.1 Å². The number of carbonyl (C=O) groups is 1. The van der Waals surface area contributed by atoms with E-state index in [1.54, 1.807) is 0 Å². The molecule has 1 aromatic carbocycles. The molecule has 0 aliphatic carbocycles. The molecular formula is C20H30N2O3. The molecule has 0 radical (unpaired) electrons. The summed E-state index contributed by atoms with van der Waals surface area (Å²) >= 11 is 0. The van der Waals surface area contributed by atoms with Gasteiger partial charge in [0, 0.05) is 31.7 Å². The largest absolute Gasteiger partial charge is 0.393 e. The lowest BCUT2D eigenvalue weighted by Crippen LogP contribution is -2.51. The first kappa shape index (κ1) is 18.2. The summed E-state index contributed by atoms with van der Waals surface area (Å²) in [5.41, 5.74) is 3.86. The summed E-state index contributed by atoms with van der Waals surface area (Å²) in [5, 5.41) is 13.4. The Morgan fingerprint density at radius 1 is 1.32 bits per heavy atom. The molecule has 0 bridgehead atoms. The van der Waals surface area contributed by atoms with E-state index in [2.05, 4.69) is 37.4 Å². The van der Waals surface area contributed by atoms with Crippen LogP contribution >= 0.6 is 0 Å². The Labute approximate surface area is 150 Å². The maximum atomic E-state index is 12.7. The second-order valence-corrected chi connectivity index (χ2v) is 7.35. The number of nitrogens with one attached hydrogen (secondary N) is 1. The molecule has 2 fully saturated rings. The minimum atomic E-state index is -0.359. The smallest absolute Gasteiger partial charge is 0.317 e. The maximum Gasteiger partial charge on any atom is 0.317 e. The molecule has 0 spiro atoms. The number of aliphatic hydroxyl groups excluding tert-OH is 1. The van der Waals surface area contributed by atoms with Crippen LogP contribution in [0.1, 0.15) is 36.0 Å². The molecule has 5 heteroatoms. The van der Waals surface area contributed by atoms with Crippen molar-refractivity contribution in [2.24, 2.45) is 5.92 Å². The highest BCUT2D eigenvalue weighted by atomic mass is 16.5. The van der Waals surface area contributed by atoms with Crippen LogP contribution in [-0.4, -0.2) is 54.5 Å². The summed E-state index contributed by atoms with van der Waals surface area (Å²) in [5.74, 6) is 0.0422. The molecule has 0 aromatic heterocycles. The van der Waals surface area contributed by atoms with Crippen LogP contribution in [0.3, 0.4) is 0 Å². The van der Waals surface area contributed by atoms with Crippen molar-refractivity contribution < 1.29 is 14.6 Å². The summed E-state index contributed by atoms with van der Waals surface area (Å²) in [6.45, 7) is 6.81. The Bertz CT molecular complexity index is 584. The summed E-state index contributed by atoms with van der Waals surface area (Å²) < 4.78 is 5.54. The van der Waals surface area contributed by atoms with Crippen LogP contribution in [0.25, 0.3) is 0 Å². The molecule has 0 unspecified atom stereocenters. The zero-order valence-electron chi connectivity index (χ0n) is 15.3. The van der Waals surface area contributed by atoms with E-state index < -0.39 is 0 Å². The normalized spacial score (nSPS) is 26.7. The number of hydrogen-bond donors (Lipinski definition) is 2. The quantitative estimate of drug-likeness (QED) is 0.880. The Balaban J connectivity index is 1.55. The number of urea groups is 1. The number of hydrogen-bond acceptors (Lipinski definition) is 3. The molecule has 2 amide bonds. The van der Waals surface area contributed by atoms with Gasteiger partial charge in [-0.15, -0.1) is 0 Å². The predicted octanol–water partition coefficient (Wildman–Crippen LogP) is 2.42. The van der Waals surface area contributed by atoms with E-state index in [9.17, 15) is 9.90 Å². The molecule has 2 N–H and O–H groups in total. The van der Waals surface area contributed by atoms with Gasteiger partial charge in [0.15, 0.2) is 0 Å². The van der Waals surface area contributed by atoms with E-state index in [-0.39, 0.29) is 24.1 Å². The van der Waals surface area contributed by atoms with E-state index in [0.29, 0.717) is 26.2 Å². The van der Waals surface area contributed by atoms with Crippen LogP contribution in [0, 0.1) is 19.8 Å². The number of benzene rings is 1. The molecule has 2 aliphatic rings. The Hall–Kier alpha value is -1.59. The molecule has 2 heterocycles. The van der Waals surface area contributed by atoms with Crippen molar-refractivity contribution in [3.8, 4) is 0 Å². The molecule has 3 rings (SSSR count). The Morgan fingerprint density at radius 2 is 2.08 bits per heavy atom. The SMILES string of the molecule is Cc1cccc(C)c1CCNC(=O)N1CCC[C@@H]1[C@H]1COCC[C@H]1O. The third-order valence-corrected chi connectivity index (χ3v) is 5.71. The van der Waals surface area contributed by atoms with Crippen LogP contribution in [0.2, 0.25) is 0 Å². The standard InChI is InChI=1S/C20H30N2O3/c1-14-5-3-6-15(2)16(14)8-10-21-20(24)22-11-4-7-18(22)17-13-25-12-9-19(17)23/h3,5-6,17-19,23H,4,7-13H2,1-2H3,(H,21,24)/t17-,18-,19-/m1/s1. The monoisotopic (exact) mass is 346 g/mol. The fourth-order valence-electron chi connectivity index (χ4n) is 4.25. The fourth-order valence-corrected chi connectivity index (χ4v) is 4.25. The maximum absolute atomic E-state index is 12.7. The summed E-state index contributed by atoms with van der Waals surface area (Å²) in [4.78, 5) is 14.6. The lowest BCUT2D eigenvalue weighted by molar-refractivity contribution is -0.0576. The first-order chi connectivity index (χ1) is 12.1. The van der Waals surface area contributed by atoms with Crippen molar-refractivity contribution in [3.63, 3.8) is 0 Å². The first-order valence-corrected chi connectivity index (χ1v) is 9.43. The van der Waals surface area contributed by atoms with Crippen molar-refractivity contribution in [2.75, 3.05) is 26.3 Å². The zero-order valence-corrected chi connectivity index (χ0v) is 15.3. The lowest BCUT2D eigenvalue weighted by Gasteiger charge is -2.36. The molecule has 0 saturated carbocycles. The van der Waals surface area contributed by atoms with Crippen molar-refractivity contribution in [2.45, 2.75) is 51.7 Å². The molecule has 25 heavy (non-hydrogen) atoms. The highest BCUT2D eigenvalue weighted by molar-refractivity contribution is 5.75. The van der Waals surface area contributed by atoms with E-state index in [1.807, 2.05) is 4.90 Å². The van der Waals surface area contributed by atoms with Gasteiger partial charge in [0.05, 0.1) is 12.7 Å². The number of ether oxygens (including phenoxy) is 1. The molecule has 3 atom stereocenters. The number of likely N-dealkylation sites (tertiary alicyclic amines) is 1. The number of aliphatic hydroxyl groups is 1. The number of aryl methyl sites for hydroxylation is 2. The van der Waals surface area contributed by atoms with Gasteiger partial charge in [-0.1, -0.05) is 18.2 Å². The minimum Gasteiger partial charge on any atom is -0.393 e. The highest BCUT2D eigenvalue weighted by Gasteiger charge is 2.39. The highest BCUT2D eigenvalue weighted by Crippen LogP contribution is 2.29. The van der Waals surface area contributed by atoms with E-state index in [0.717, 1.165) is 25.8 Å². The average Bonchev–Trinajstić information content (AvgIpc) is 3.07. The zero-order chi connectivity index (χ0) is 17.8. The van der Waals surface area contributed by atoms with Gasteiger partial charge in [0.25, 0.3) is 0 Å². The minimum absolute atomic E-state index is 0.00786. The van der Waals surface area contributed by atoms with Crippen LogP contribution in [0.5, 0.6) is 0 Å². The lowest BCUT2D eigenvalue weighted by atomic mass is 9.89. The van der Waals surface area contributed by atoms with Crippen molar-refractivity contribution >= 4 is 6.03 Å². The molecular weight excluding hydrogens is 316 g/mol. The van der Waals surface area contributed by atoms with Crippen molar-refractivity contribution in [1.82, 2.24) is 10.2 Å². The molecule has 1 aromatic rings. The number of nitrogens with zero attached hydrogens (tertiary/aromatic N) is 1. The van der Waals surface area contributed by atoms with Gasteiger partial charge >= 0.3 is 6.03 Å². The summed E-state index contributed by atoms with van der Waals surface area (Å²) in [6.07, 6.45) is 3.11. The second kappa shape index (κ2) is 8.19. The van der Waals surface area contributed by atoms with Gasteiger partial charge in [-0.25, -0.2) is 4.79 Å². The molecule has 5 nitrogen and oxygen atoms in total. The fraction of sp³-hybridized carbons (Fsp3) is 0.650. The van der Waals surface area contributed by atoms with E-state index in [4.69, 9.17) is 4.74 Å².